The monoisotopic (exact) mass is 579 g/mol. The zero-order chi connectivity index (χ0) is 26.5. The van der Waals surface area contributed by atoms with Crippen molar-refractivity contribution in [3.8, 4) is 0 Å². The topological polar surface area (TPSA) is 131 Å². The average molecular weight is 580 g/mol. The third-order valence-electron chi connectivity index (χ3n) is 4.24. The van der Waals surface area contributed by atoms with Gasteiger partial charge in [0.2, 0.25) is 15.9 Å². The van der Waals surface area contributed by atoms with E-state index in [-0.39, 0.29) is 14.9 Å². The minimum atomic E-state index is -3.90. The summed E-state index contributed by atoms with van der Waals surface area (Å²) in [6.45, 7) is 3.76. The molecule has 0 bridgehead atoms. The molecule has 0 radical (unpaired) electrons. The Labute approximate surface area is 207 Å². The summed E-state index contributed by atoms with van der Waals surface area (Å²) in [5.41, 5.74) is -0.794. The highest BCUT2D eigenvalue weighted by Crippen LogP contribution is 2.23. The number of carbonyl (C=O) groups excluding carboxylic acids is 3. The maximum Gasteiger partial charge on any atom is 0.340 e. The van der Waals surface area contributed by atoms with Gasteiger partial charge in [0.25, 0.3) is 5.91 Å². The highest BCUT2D eigenvalue weighted by molar-refractivity contribution is 9.10. The first-order valence-electron chi connectivity index (χ1n) is 9.96. The molecular weight excluding hydrogens is 559 g/mol. The smallest absolute Gasteiger partial charge is 0.340 e. The molecule has 2 aromatic carbocycles. The van der Waals surface area contributed by atoms with Gasteiger partial charge in [0.15, 0.2) is 23.6 Å². The van der Waals surface area contributed by atoms with Crippen LogP contribution in [0, 0.1) is 17.5 Å². The summed E-state index contributed by atoms with van der Waals surface area (Å²) in [5.74, 6) is -7.69. The molecule has 0 aromatic heterocycles. The van der Waals surface area contributed by atoms with Crippen molar-refractivity contribution in [2.75, 3.05) is 11.9 Å². The molecule has 14 heteroatoms. The van der Waals surface area contributed by atoms with Crippen molar-refractivity contribution >= 4 is 49.4 Å². The molecule has 0 aliphatic carbocycles. The second-order valence-electron chi connectivity index (χ2n) is 7.45. The summed E-state index contributed by atoms with van der Waals surface area (Å²) in [6, 6.07) is 4.71. The first-order valence-corrected chi connectivity index (χ1v) is 12.2. The number of benzene rings is 2. The molecule has 0 heterocycles. The van der Waals surface area contributed by atoms with Crippen LogP contribution in [0.3, 0.4) is 0 Å². The first kappa shape index (κ1) is 28.3. The summed E-state index contributed by atoms with van der Waals surface area (Å²) in [6.07, 6.45) is -1.41. The third kappa shape index (κ3) is 7.50. The molecule has 9 nitrogen and oxygen atoms in total. The van der Waals surface area contributed by atoms with Crippen LogP contribution < -0.4 is 15.4 Å². The quantitative estimate of drug-likeness (QED) is 0.309. The van der Waals surface area contributed by atoms with Crippen LogP contribution >= 0.6 is 15.9 Å². The highest BCUT2D eigenvalue weighted by atomic mass is 79.9. The maximum absolute atomic E-state index is 13.6. The number of anilines is 1. The highest BCUT2D eigenvalue weighted by Gasteiger charge is 2.24. The number of sulfonamides is 1. The van der Waals surface area contributed by atoms with Crippen molar-refractivity contribution in [1.82, 2.24) is 10.0 Å². The Kier molecular flexibility index (Phi) is 9.40. The van der Waals surface area contributed by atoms with E-state index >= 15 is 0 Å². The number of rotatable bonds is 9. The van der Waals surface area contributed by atoms with Gasteiger partial charge in [0.05, 0.1) is 22.7 Å². The Morgan fingerprint density at radius 3 is 2.31 bits per heavy atom. The van der Waals surface area contributed by atoms with E-state index in [4.69, 9.17) is 4.74 Å². The number of hydrogen-bond acceptors (Lipinski definition) is 6. The van der Waals surface area contributed by atoms with Gasteiger partial charge in [-0.25, -0.2) is 31.1 Å². The van der Waals surface area contributed by atoms with Crippen LogP contribution in [0.4, 0.5) is 18.9 Å². The van der Waals surface area contributed by atoms with E-state index in [9.17, 15) is 36.0 Å². The van der Waals surface area contributed by atoms with Gasteiger partial charge < -0.3 is 15.4 Å². The van der Waals surface area contributed by atoms with Crippen LogP contribution in [0.2, 0.25) is 0 Å². The average Bonchev–Trinajstić information content (AvgIpc) is 2.77. The van der Waals surface area contributed by atoms with E-state index in [0.29, 0.717) is 6.07 Å². The molecule has 2 amide bonds. The van der Waals surface area contributed by atoms with E-state index in [1.165, 1.54) is 19.1 Å². The van der Waals surface area contributed by atoms with Crippen LogP contribution in [-0.4, -0.2) is 44.9 Å². The molecule has 0 spiro atoms. The van der Waals surface area contributed by atoms with Crippen molar-refractivity contribution in [3.05, 3.63) is 57.8 Å². The molecule has 0 aliphatic heterocycles. The van der Waals surface area contributed by atoms with Crippen LogP contribution in [-0.2, 0) is 24.3 Å². The SMILES string of the molecule is CC(C)NS(=O)(=O)c1ccc(Br)c(C(=O)OC(C)C(=O)NCC(=O)Nc2ccc(F)c(F)c2F)c1. The number of hydrogen-bond donors (Lipinski definition) is 3. The largest absolute Gasteiger partial charge is 0.449 e. The molecule has 0 saturated heterocycles. The van der Waals surface area contributed by atoms with Crippen molar-refractivity contribution in [1.29, 1.82) is 0 Å². The number of ether oxygens (including phenoxy) is 1. The molecule has 190 valence electrons. The molecule has 2 rings (SSSR count). The predicted molar refractivity (Wildman–Crippen MR) is 122 cm³/mol. The number of halogens is 4. The molecule has 1 unspecified atom stereocenters. The van der Waals surface area contributed by atoms with Crippen molar-refractivity contribution in [2.45, 2.75) is 37.8 Å². The van der Waals surface area contributed by atoms with Crippen LogP contribution in [0.1, 0.15) is 31.1 Å². The lowest BCUT2D eigenvalue weighted by atomic mass is 10.2. The zero-order valence-electron chi connectivity index (χ0n) is 18.6. The van der Waals surface area contributed by atoms with Gasteiger partial charge in [0.1, 0.15) is 0 Å². The van der Waals surface area contributed by atoms with Crippen molar-refractivity contribution in [2.24, 2.45) is 0 Å². The molecule has 1 atom stereocenters. The van der Waals surface area contributed by atoms with Gasteiger partial charge in [0, 0.05) is 10.5 Å². The van der Waals surface area contributed by atoms with Gasteiger partial charge in [-0.1, -0.05) is 0 Å². The molecule has 2 aromatic rings. The third-order valence-corrected chi connectivity index (χ3v) is 6.59. The summed E-state index contributed by atoms with van der Waals surface area (Å²) >= 11 is 3.12. The van der Waals surface area contributed by atoms with E-state index in [2.05, 4.69) is 26.0 Å². The Hall–Kier alpha value is -2.97. The Morgan fingerprint density at radius 1 is 1.03 bits per heavy atom. The number of carbonyl (C=O) groups is 3. The molecular formula is C21H21BrF3N3O6S. The lowest BCUT2D eigenvalue weighted by Crippen LogP contribution is -2.40. The number of nitrogens with one attached hydrogen (secondary N) is 3. The standard InChI is InChI=1S/C21H21BrF3N3O6S/c1-10(2)28-35(32,33)12-4-5-14(22)13(8-12)21(31)34-11(3)20(30)26-9-17(29)27-16-7-6-15(23)18(24)19(16)25/h4-8,10-11,28H,9H2,1-3H3,(H,26,30)(H,27,29). The summed E-state index contributed by atoms with van der Waals surface area (Å²) < 4.78 is 72.2. The van der Waals surface area contributed by atoms with Crippen LogP contribution in [0.15, 0.2) is 39.7 Å². The van der Waals surface area contributed by atoms with Gasteiger partial charge >= 0.3 is 5.97 Å². The summed E-state index contributed by atoms with van der Waals surface area (Å²) in [5, 5.41) is 4.11. The number of esters is 1. The van der Waals surface area contributed by atoms with Crippen molar-refractivity contribution < 1.29 is 40.7 Å². The molecule has 3 N–H and O–H groups in total. The zero-order valence-corrected chi connectivity index (χ0v) is 21.0. The lowest BCUT2D eigenvalue weighted by Gasteiger charge is -2.15. The second kappa shape index (κ2) is 11.6. The Morgan fingerprint density at radius 2 is 1.69 bits per heavy atom. The van der Waals surface area contributed by atoms with Gasteiger partial charge in [-0.15, -0.1) is 0 Å². The Balaban J connectivity index is 2.00. The summed E-state index contributed by atoms with van der Waals surface area (Å²) in [7, 11) is -3.90. The second-order valence-corrected chi connectivity index (χ2v) is 10.0. The first-order chi connectivity index (χ1) is 16.2. The fourth-order valence-electron chi connectivity index (χ4n) is 2.61. The molecule has 0 aliphatic rings. The molecule has 35 heavy (non-hydrogen) atoms. The van der Waals surface area contributed by atoms with Crippen LogP contribution in [0.5, 0.6) is 0 Å². The lowest BCUT2D eigenvalue weighted by molar-refractivity contribution is -0.130. The van der Waals surface area contributed by atoms with E-state index in [0.717, 1.165) is 12.1 Å². The summed E-state index contributed by atoms with van der Waals surface area (Å²) in [4.78, 5) is 36.4. The van der Waals surface area contributed by atoms with E-state index < -0.39 is 69.6 Å². The predicted octanol–water partition coefficient (Wildman–Crippen LogP) is 2.85. The molecule has 0 fully saturated rings. The van der Waals surface area contributed by atoms with Gasteiger partial charge in [-0.3, -0.25) is 9.59 Å². The fraction of sp³-hybridized carbons (Fsp3) is 0.286. The minimum absolute atomic E-state index is 0.164. The number of amides is 2. The molecule has 0 saturated carbocycles. The van der Waals surface area contributed by atoms with Gasteiger partial charge in [-0.2, -0.15) is 0 Å². The van der Waals surface area contributed by atoms with Crippen LogP contribution in [0.25, 0.3) is 0 Å². The Bertz CT molecular complexity index is 1260. The maximum atomic E-state index is 13.6. The van der Waals surface area contributed by atoms with Gasteiger partial charge in [-0.05, 0) is 67.0 Å². The minimum Gasteiger partial charge on any atom is -0.449 e. The van der Waals surface area contributed by atoms with E-state index in [1.807, 2.05) is 5.32 Å². The normalized spacial score (nSPS) is 12.2. The van der Waals surface area contributed by atoms with E-state index in [1.54, 1.807) is 13.8 Å². The fourth-order valence-corrected chi connectivity index (χ4v) is 4.30. The van der Waals surface area contributed by atoms with Crippen molar-refractivity contribution in [3.63, 3.8) is 0 Å².